The van der Waals surface area contributed by atoms with Crippen molar-refractivity contribution in [1.29, 1.82) is 0 Å². The van der Waals surface area contributed by atoms with Crippen molar-refractivity contribution in [3.8, 4) is 28.3 Å². The van der Waals surface area contributed by atoms with Crippen LogP contribution in [-0.4, -0.2) is 24.9 Å². The molecule has 1 heterocycles. The molecular formula is C23H18F2N2O3S. The van der Waals surface area contributed by atoms with Gasteiger partial charge in [-0.25, -0.2) is 17.2 Å². The third-order valence-electron chi connectivity index (χ3n) is 4.73. The Bertz CT molecular complexity index is 1300. The lowest BCUT2D eigenvalue weighted by molar-refractivity contribution is 0.294. The molecule has 0 aliphatic rings. The summed E-state index contributed by atoms with van der Waals surface area (Å²) in [5, 5.41) is 7.19. The predicted octanol–water partition coefficient (Wildman–Crippen LogP) is 5.00. The summed E-state index contributed by atoms with van der Waals surface area (Å²) in [4.78, 5) is 0.201. The maximum Gasteiger partial charge on any atom is 0.241 e. The molecule has 4 aromatic rings. The summed E-state index contributed by atoms with van der Waals surface area (Å²) in [6, 6.07) is 18.2. The van der Waals surface area contributed by atoms with E-state index >= 15 is 0 Å². The van der Waals surface area contributed by atoms with Crippen LogP contribution in [0.3, 0.4) is 0 Å². The second kappa shape index (κ2) is 8.31. The molecule has 5 nitrogen and oxygen atoms in total. The number of hydrogen-bond donors (Lipinski definition) is 1. The van der Waals surface area contributed by atoms with Crippen molar-refractivity contribution >= 4 is 9.84 Å². The van der Waals surface area contributed by atoms with Crippen LogP contribution in [0, 0.1) is 11.6 Å². The molecule has 0 amide bonds. The quantitative estimate of drug-likeness (QED) is 0.458. The molecule has 8 heteroatoms. The second-order valence-corrected chi connectivity index (χ2v) is 9.01. The lowest BCUT2D eigenvalue weighted by Gasteiger charge is -2.09. The summed E-state index contributed by atoms with van der Waals surface area (Å²) in [6.45, 7) is 0.159. The van der Waals surface area contributed by atoms with Gasteiger partial charge in [0.25, 0.3) is 0 Å². The van der Waals surface area contributed by atoms with Crippen molar-refractivity contribution in [1.82, 2.24) is 10.2 Å². The molecule has 0 radical (unpaired) electrons. The minimum absolute atomic E-state index is 0.159. The molecule has 0 fully saturated rings. The highest BCUT2D eigenvalue weighted by molar-refractivity contribution is 7.90. The first kappa shape index (κ1) is 20.7. The van der Waals surface area contributed by atoms with E-state index in [0.717, 1.165) is 11.8 Å². The van der Waals surface area contributed by atoms with Crippen LogP contribution >= 0.6 is 0 Å². The Kier molecular flexibility index (Phi) is 5.56. The van der Waals surface area contributed by atoms with Crippen LogP contribution in [0.25, 0.3) is 22.4 Å². The average molecular weight is 440 g/mol. The SMILES string of the molecule is CS(=O)(=O)c1ccc(-c2[nH]nc(OCc3ccc(F)cc3)c2-c2ccc(F)cc2)cc1. The van der Waals surface area contributed by atoms with Crippen LogP contribution in [0.15, 0.2) is 77.7 Å². The van der Waals surface area contributed by atoms with Gasteiger partial charge in [-0.05, 0) is 47.5 Å². The zero-order chi connectivity index (χ0) is 22.0. The van der Waals surface area contributed by atoms with E-state index in [2.05, 4.69) is 10.2 Å². The van der Waals surface area contributed by atoms with Crippen molar-refractivity contribution in [3.05, 3.63) is 90.0 Å². The first-order valence-electron chi connectivity index (χ1n) is 9.33. The zero-order valence-electron chi connectivity index (χ0n) is 16.5. The Labute approximate surface area is 178 Å². The van der Waals surface area contributed by atoms with E-state index in [-0.39, 0.29) is 29.0 Å². The molecule has 4 rings (SSSR count). The molecule has 31 heavy (non-hydrogen) atoms. The van der Waals surface area contributed by atoms with E-state index in [1.807, 2.05) is 0 Å². The highest BCUT2D eigenvalue weighted by atomic mass is 32.2. The average Bonchev–Trinajstić information content (AvgIpc) is 3.17. The molecule has 3 aromatic carbocycles. The van der Waals surface area contributed by atoms with Gasteiger partial charge in [-0.3, -0.25) is 5.10 Å². The van der Waals surface area contributed by atoms with Crippen molar-refractivity contribution in [2.24, 2.45) is 0 Å². The third-order valence-corrected chi connectivity index (χ3v) is 5.85. The summed E-state index contributed by atoms with van der Waals surface area (Å²) >= 11 is 0. The smallest absolute Gasteiger partial charge is 0.241 e. The number of H-pyrrole nitrogens is 1. The number of aromatic amines is 1. The summed E-state index contributed by atoms with van der Waals surface area (Å²) in [7, 11) is -3.32. The first-order valence-corrected chi connectivity index (χ1v) is 11.2. The zero-order valence-corrected chi connectivity index (χ0v) is 17.3. The van der Waals surface area contributed by atoms with Gasteiger partial charge in [0.1, 0.15) is 18.2 Å². The molecule has 0 unspecified atom stereocenters. The number of ether oxygens (including phenoxy) is 1. The monoisotopic (exact) mass is 440 g/mol. The van der Waals surface area contributed by atoms with Gasteiger partial charge >= 0.3 is 0 Å². The van der Waals surface area contributed by atoms with E-state index in [9.17, 15) is 17.2 Å². The van der Waals surface area contributed by atoms with E-state index in [4.69, 9.17) is 4.74 Å². The van der Waals surface area contributed by atoms with Crippen LogP contribution < -0.4 is 4.74 Å². The van der Waals surface area contributed by atoms with Crippen LogP contribution in [0.1, 0.15) is 5.56 Å². The van der Waals surface area contributed by atoms with E-state index in [1.165, 1.54) is 36.4 Å². The number of halogens is 2. The molecule has 0 saturated carbocycles. The van der Waals surface area contributed by atoms with Gasteiger partial charge in [-0.2, -0.15) is 0 Å². The number of hydrogen-bond acceptors (Lipinski definition) is 4. The molecule has 0 spiro atoms. The maximum absolute atomic E-state index is 13.5. The van der Waals surface area contributed by atoms with Crippen molar-refractivity contribution in [2.75, 3.05) is 6.26 Å². The van der Waals surface area contributed by atoms with E-state index in [0.29, 0.717) is 22.4 Å². The minimum atomic E-state index is -3.32. The lowest BCUT2D eigenvalue weighted by atomic mass is 10.0. The molecule has 1 aromatic heterocycles. The molecule has 1 N–H and O–H groups in total. The maximum atomic E-state index is 13.5. The number of nitrogens with zero attached hydrogens (tertiary/aromatic N) is 1. The fourth-order valence-electron chi connectivity index (χ4n) is 3.12. The van der Waals surface area contributed by atoms with Gasteiger partial charge in [0.05, 0.1) is 16.2 Å². The Hall–Kier alpha value is -3.52. The minimum Gasteiger partial charge on any atom is -0.471 e. The number of rotatable bonds is 6. The Balaban J connectivity index is 1.73. The molecule has 158 valence electrons. The first-order chi connectivity index (χ1) is 14.8. The number of nitrogens with one attached hydrogen (secondary N) is 1. The van der Waals surface area contributed by atoms with Gasteiger partial charge in [-0.15, -0.1) is 5.10 Å². The normalized spacial score (nSPS) is 11.5. The fraction of sp³-hybridized carbons (Fsp3) is 0.0870. The number of sulfone groups is 1. The summed E-state index contributed by atoms with van der Waals surface area (Å²) in [6.07, 6.45) is 1.14. The van der Waals surface area contributed by atoms with Gasteiger partial charge in [0, 0.05) is 11.8 Å². The Morgan fingerprint density at radius 3 is 1.97 bits per heavy atom. The summed E-state index contributed by atoms with van der Waals surface area (Å²) in [5.41, 5.74) is 3.32. The van der Waals surface area contributed by atoms with Gasteiger partial charge in [0.2, 0.25) is 5.88 Å². The highest BCUT2D eigenvalue weighted by Crippen LogP contribution is 2.38. The van der Waals surface area contributed by atoms with Gasteiger partial charge in [0.15, 0.2) is 9.84 Å². The van der Waals surface area contributed by atoms with E-state index in [1.54, 1.807) is 36.4 Å². The van der Waals surface area contributed by atoms with Crippen LogP contribution in [0.4, 0.5) is 8.78 Å². The Morgan fingerprint density at radius 1 is 0.839 bits per heavy atom. The van der Waals surface area contributed by atoms with Crippen LogP contribution in [0.2, 0.25) is 0 Å². The van der Waals surface area contributed by atoms with Crippen LogP contribution in [0.5, 0.6) is 5.88 Å². The molecule has 0 aliphatic heterocycles. The third kappa shape index (κ3) is 4.64. The second-order valence-electron chi connectivity index (χ2n) is 7.00. The molecule has 0 bridgehead atoms. The van der Waals surface area contributed by atoms with Crippen molar-refractivity contribution < 1.29 is 21.9 Å². The van der Waals surface area contributed by atoms with Crippen molar-refractivity contribution in [3.63, 3.8) is 0 Å². The van der Waals surface area contributed by atoms with Crippen LogP contribution in [-0.2, 0) is 16.4 Å². The summed E-state index contributed by atoms with van der Waals surface area (Å²) in [5.74, 6) is -0.423. The van der Waals surface area contributed by atoms with Gasteiger partial charge < -0.3 is 4.74 Å². The molecule has 0 saturated heterocycles. The molecule has 0 aliphatic carbocycles. The molecular weight excluding hydrogens is 422 g/mol. The highest BCUT2D eigenvalue weighted by Gasteiger charge is 2.19. The molecule has 0 atom stereocenters. The fourth-order valence-corrected chi connectivity index (χ4v) is 3.75. The summed E-state index contributed by atoms with van der Waals surface area (Å²) < 4.78 is 56.0. The lowest BCUT2D eigenvalue weighted by Crippen LogP contribution is -1.97. The van der Waals surface area contributed by atoms with Crippen molar-refractivity contribution in [2.45, 2.75) is 11.5 Å². The number of benzene rings is 3. The largest absolute Gasteiger partial charge is 0.471 e. The predicted molar refractivity (Wildman–Crippen MR) is 113 cm³/mol. The topological polar surface area (TPSA) is 72.0 Å². The van der Waals surface area contributed by atoms with E-state index < -0.39 is 9.84 Å². The van der Waals surface area contributed by atoms with Gasteiger partial charge in [-0.1, -0.05) is 36.4 Å². The number of aromatic nitrogens is 2. The Morgan fingerprint density at radius 2 is 1.39 bits per heavy atom. The standard InChI is InChI=1S/C23H18F2N2O3S/c1-31(28,29)20-12-6-17(7-13-20)22-21(16-4-10-19(25)11-5-16)23(27-26-22)30-14-15-2-8-18(24)9-3-15/h2-13H,14H2,1H3,(H,26,27).